The van der Waals surface area contributed by atoms with E-state index in [2.05, 4.69) is 32.5 Å². The molecule has 0 saturated heterocycles. The third-order valence-corrected chi connectivity index (χ3v) is 6.46. The molecule has 1 aromatic heterocycles. The first kappa shape index (κ1) is 20.1. The number of halogens is 1. The van der Waals surface area contributed by atoms with Gasteiger partial charge >= 0.3 is 5.97 Å². The van der Waals surface area contributed by atoms with Gasteiger partial charge in [-0.15, -0.1) is 17.9 Å². The molecule has 138 valence electrons. The van der Waals surface area contributed by atoms with Crippen LogP contribution in [0.15, 0.2) is 57.0 Å². The molecule has 10 heteroatoms. The number of sulfonamides is 1. The average Bonchev–Trinajstić information content (AvgIpc) is 3.05. The highest BCUT2D eigenvalue weighted by atomic mass is 79.9. The van der Waals surface area contributed by atoms with Crippen molar-refractivity contribution in [2.45, 2.75) is 4.21 Å². The summed E-state index contributed by atoms with van der Waals surface area (Å²) in [5, 5.41) is 2.47. The molecule has 0 saturated carbocycles. The van der Waals surface area contributed by atoms with Crippen molar-refractivity contribution in [2.24, 2.45) is 0 Å². The highest BCUT2D eigenvalue weighted by Crippen LogP contribution is 2.28. The van der Waals surface area contributed by atoms with Crippen molar-refractivity contribution >= 4 is 54.9 Å². The molecule has 0 radical (unpaired) electrons. The summed E-state index contributed by atoms with van der Waals surface area (Å²) < 4.78 is 32.9. The zero-order valence-corrected chi connectivity index (χ0v) is 16.6. The minimum absolute atomic E-state index is 0.00298. The number of hydrogen-bond acceptors (Lipinski definition) is 6. The molecule has 26 heavy (non-hydrogen) atoms. The smallest absolute Gasteiger partial charge is 0.340 e. The predicted molar refractivity (Wildman–Crippen MR) is 103 cm³/mol. The summed E-state index contributed by atoms with van der Waals surface area (Å²) in [6.07, 6.45) is 1.49. The third kappa shape index (κ3) is 5.41. The van der Waals surface area contributed by atoms with Gasteiger partial charge in [-0.25, -0.2) is 13.2 Å². The van der Waals surface area contributed by atoms with Gasteiger partial charge in [0.05, 0.1) is 15.0 Å². The van der Waals surface area contributed by atoms with E-state index in [9.17, 15) is 18.0 Å². The third-order valence-electron chi connectivity index (χ3n) is 2.98. The van der Waals surface area contributed by atoms with Gasteiger partial charge < -0.3 is 10.1 Å². The number of benzene rings is 1. The van der Waals surface area contributed by atoms with E-state index >= 15 is 0 Å². The molecular weight excluding hydrogens is 444 g/mol. The van der Waals surface area contributed by atoms with Crippen LogP contribution in [-0.4, -0.2) is 33.4 Å². The lowest BCUT2D eigenvalue weighted by atomic mass is 10.2. The van der Waals surface area contributed by atoms with Gasteiger partial charge in [0, 0.05) is 6.54 Å². The van der Waals surface area contributed by atoms with E-state index in [1.807, 2.05) is 0 Å². The molecule has 0 aliphatic heterocycles. The number of anilines is 1. The molecule has 1 heterocycles. The summed E-state index contributed by atoms with van der Waals surface area (Å²) in [5.74, 6) is -1.30. The van der Waals surface area contributed by atoms with E-state index in [1.165, 1.54) is 24.3 Å². The van der Waals surface area contributed by atoms with Crippen LogP contribution in [0.4, 0.5) is 5.69 Å². The number of nitrogens with one attached hydrogen (secondary N) is 2. The minimum Gasteiger partial charge on any atom is -0.452 e. The quantitative estimate of drug-likeness (QED) is 0.467. The zero-order valence-electron chi connectivity index (χ0n) is 13.4. The van der Waals surface area contributed by atoms with Gasteiger partial charge in [0.1, 0.15) is 4.21 Å². The van der Waals surface area contributed by atoms with Crippen LogP contribution in [0.1, 0.15) is 10.4 Å². The summed E-state index contributed by atoms with van der Waals surface area (Å²) >= 11 is 4.25. The maximum absolute atomic E-state index is 12.4. The average molecular weight is 459 g/mol. The molecule has 0 bridgehead atoms. The van der Waals surface area contributed by atoms with Crippen molar-refractivity contribution in [3.8, 4) is 0 Å². The Kier molecular flexibility index (Phi) is 6.95. The Morgan fingerprint density at radius 2 is 1.96 bits per heavy atom. The molecule has 1 aromatic carbocycles. The van der Waals surface area contributed by atoms with Gasteiger partial charge in [-0.2, -0.15) is 0 Å². The lowest BCUT2D eigenvalue weighted by Gasteiger charge is -2.11. The maximum Gasteiger partial charge on any atom is 0.340 e. The van der Waals surface area contributed by atoms with Crippen molar-refractivity contribution in [2.75, 3.05) is 17.9 Å². The topological polar surface area (TPSA) is 102 Å². The summed E-state index contributed by atoms with van der Waals surface area (Å²) in [6, 6.07) is 9.05. The van der Waals surface area contributed by atoms with Crippen LogP contribution in [0, 0.1) is 0 Å². The Labute approximate surface area is 163 Å². The number of carbonyl (C=O) groups is 2. The van der Waals surface area contributed by atoms with Gasteiger partial charge in [-0.1, -0.05) is 18.2 Å². The maximum atomic E-state index is 12.4. The standard InChI is InChI=1S/C16H15BrN2O5S2/c1-2-9-18-14(20)10-24-16(21)11-5-3-4-6-12(11)19-26(22,23)15-8-7-13(17)25-15/h2-8,19H,1,9-10H2,(H,18,20). The second-order valence-corrected chi connectivity index (χ2v) is 9.25. The Hall–Kier alpha value is -2.17. The van der Waals surface area contributed by atoms with Crippen LogP contribution in [0.3, 0.4) is 0 Å². The van der Waals surface area contributed by atoms with Crippen molar-refractivity contribution in [3.63, 3.8) is 0 Å². The first-order chi connectivity index (χ1) is 12.3. The van der Waals surface area contributed by atoms with E-state index in [4.69, 9.17) is 4.74 Å². The number of thiophene rings is 1. The summed E-state index contributed by atoms with van der Waals surface area (Å²) in [4.78, 5) is 23.7. The molecule has 2 rings (SSSR count). The van der Waals surface area contributed by atoms with Crippen molar-refractivity contribution in [3.05, 3.63) is 58.4 Å². The Bertz CT molecular complexity index is 924. The van der Waals surface area contributed by atoms with E-state index in [1.54, 1.807) is 18.2 Å². The fraction of sp³-hybridized carbons (Fsp3) is 0.125. The molecule has 2 N–H and O–H groups in total. The van der Waals surface area contributed by atoms with Gasteiger partial charge in [0.15, 0.2) is 6.61 Å². The van der Waals surface area contributed by atoms with Crippen molar-refractivity contribution in [1.29, 1.82) is 0 Å². The first-order valence-corrected chi connectivity index (χ1v) is 10.3. The molecule has 7 nitrogen and oxygen atoms in total. The Morgan fingerprint density at radius 1 is 1.23 bits per heavy atom. The number of ether oxygens (including phenoxy) is 1. The predicted octanol–water partition coefficient (Wildman–Crippen LogP) is 2.77. The molecule has 1 amide bonds. The Morgan fingerprint density at radius 3 is 2.62 bits per heavy atom. The SMILES string of the molecule is C=CCNC(=O)COC(=O)c1ccccc1NS(=O)(=O)c1ccc(Br)s1. The van der Waals surface area contributed by atoms with E-state index in [-0.39, 0.29) is 22.0 Å². The van der Waals surface area contributed by atoms with E-state index < -0.39 is 28.5 Å². The number of amides is 1. The molecule has 0 aliphatic carbocycles. The second kappa shape index (κ2) is 8.97. The van der Waals surface area contributed by atoms with Crippen molar-refractivity contribution < 1.29 is 22.7 Å². The fourth-order valence-electron chi connectivity index (χ4n) is 1.83. The fourth-order valence-corrected chi connectivity index (χ4v) is 4.92. The van der Waals surface area contributed by atoms with Gasteiger partial charge in [-0.3, -0.25) is 9.52 Å². The summed E-state index contributed by atoms with van der Waals surface area (Å²) in [7, 11) is -3.85. The number of esters is 1. The molecular formula is C16H15BrN2O5S2. The lowest BCUT2D eigenvalue weighted by Crippen LogP contribution is -2.29. The zero-order chi connectivity index (χ0) is 19.2. The molecule has 0 atom stereocenters. The molecule has 0 unspecified atom stereocenters. The lowest BCUT2D eigenvalue weighted by molar-refractivity contribution is -0.124. The first-order valence-electron chi connectivity index (χ1n) is 7.25. The molecule has 0 spiro atoms. The van der Waals surface area contributed by atoms with Crippen LogP contribution in [0.2, 0.25) is 0 Å². The number of hydrogen-bond donors (Lipinski definition) is 2. The highest BCUT2D eigenvalue weighted by Gasteiger charge is 2.21. The van der Waals surface area contributed by atoms with Crippen LogP contribution >= 0.6 is 27.3 Å². The van der Waals surface area contributed by atoms with E-state index in [0.29, 0.717) is 3.79 Å². The second-order valence-electron chi connectivity index (χ2n) is 4.88. The minimum atomic E-state index is -3.85. The van der Waals surface area contributed by atoms with Crippen LogP contribution in [-0.2, 0) is 19.6 Å². The highest BCUT2D eigenvalue weighted by molar-refractivity contribution is 9.11. The molecule has 2 aromatic rings. The van der Waals surface area contributed by atoms with Crippen LogP contribution in [0.5, 0.6) is 0 Å². The Balaban J connectivity index is 2.13. The van der Waals surface area contributed by atoms with Gasteiger partial charge in [0.25, 0.3) is 15.9 Å². The van der Waals surface area contributed by atoms with Crippen LogP contribution in [0.25, 0.3) is 0 Å². The van der Waals surface area contributed by atoms with Crippen molar-refractivity contribution in [1.82, 2.24) is 5.32 Å². The largest absolute Gasteiger partial charge is 0.452 e. The normalized spacial score (nSPS) is 10.8. The van der Waals surface area contributed by atoms with Crippen LogP contribution < -0.4 is 10.0 Å². The summed E-state index contributed by atoms with van der Waals surface area (Å²) in [5.41, 5.74) is 0.0664. The number of carbonyl (C=O) groups excluding carboxylic acids is 2. The monoisotopic (exact) mass is 458 g/mol. The number of rotatable bonds is 8. The molecule has 0 aliphatic rings. The summed E-state index contributed by atoms with van der Waals surface area (Å²) in [6.45, 7) is 3.23. The van der Waals surface area contributed by atoms with E-state index in [0.717, 1.165) is 11.3 Å². The van der Waals surface area contributed by atoms with Gasteiger partial charge in [0.2, 0.25) is 0 Å². The molecule has 0 fully saturated rings. The van der Waals surface area contributed by atoms with Gasteiger partial charge in [-0.05, 0) is 40.2 Å². The number of para-hydroxylation sites is 1.